The van der Waals surface area contributed by atoms with Crippen molar-refractivity contribution in [1.82, 2.24) is 20.2 Å². The molecule has 2 aromatic heterocycles. The number of nitrogens with zero attached hydrogens (tertiary/aromatic N) is 3. The molecule has 208 valence electrons. The largest absolute Gasteiger partial charge is 0.370 e. The molecule has 3 rings (SSSR count). The fraction of sp³-hybridized carbons (Fsp3) is 0.320. The monoisotopic (exact) mass is 537 g/mol. The van der Waals surface area contributed by atoms with Crippen LogP contribution < -0.4 is 38.9 Å². The fourth-order valence-electron chi connectivity index (χ4n) is 3.81. The van der Waals surface area contributed by atoms with Gasteiger partial charge in [-0.15, -0.1) is 0 Å². The summed E-state index contributed by atoms with van der Waals surface area (Å²) in [6.07, 6.45) is 1.72. The molecular formula is C25H35N11O3. The summed E-state index contributed by atoms with van der Waals surface area (Å²) in [7, 11) is 0. The molecule has 0 aliphatic rings. The third-order valence-corrected chi connectivity index (χ3v) is 5.46. The summed E-state index contributed by atoms with van der Waals surface area (Å²) >= 11 is 0. The second-order valence-corrected chi connectivity index (χ2v) is 9.22. The average Bonchev–Trinajstić information content (AvgIpc) is 3.47. The molecular weight excluding hydrogens is 502 g/mol. The standard InChI is InChI=1S/C25H35N11O3/c1-14(2)12-36-13-17(11-20(36)23(39)31-6-8-33-25(28)29)34-22(38)19-10-16-9-15(3-4-18(16)35-19)21(37)30-5-7-32-24(26)27/h3-4,9-11,13-14,35H,5-8,12H2,1-2H3,(H,30,37)(H,31,39)(H,34,38)(H4,26,27,32)(H4,28,29,33). The summed E-state index contributed by atoms with van der Waals surface area (Å²) in [4.78, 5) is 48.9. The molecule has 0 aliphatic carbocycles. The number of carbonyl (C=O) groups is 3. The van der Waals surface area contributed by atoms with Gasteiger partial charge in [-0.2, -0.15) is 0 Å². The molecule has 0 spiro atoms. The van der Waals surface area contributed by atoms with Gasteiger partial charge in [0, 0.05) is 42.3 Å². The highest BCUT2D eigenvalue weighted by Crippen LogP contribution is 2.20. The number of carbonyl (C=O) groups excluding carboxylic acids is 3. The molecule has 14 nitrogen and oxygen atoms in total. The van der Waals surface area contributed by atoms with Crippen LogP contribution in [0.5, 0.6) is 0 Å². The Labute approximate surface area is 225 Å². The number of guanidine groups is 2. The molecule has 0 bridgehead atoms. The summed E-state index contributed by atoms with van der Waals surface area (Å²) in [5.41, 5.74) is 23.5. The van der Waals surface area contributed by atoms with E-state index in [9.17, 15) is 14.4 Å². The van der Waals surface area contributed by atoms with E-state index in [1.165, 1.54) is 0 Å². The number of aromatic amines is 1. The number of hydrogen-bond donors (Lipinski definition) is 8. The normalized spacial score (nSPS) is 10.7. The molecule has 3 amide bonds. The quantitative estimate of drug-likeness (QED) is 0.0884. The molecule has 1 aromatic carbocycles. The molecule has 0 atom stereocenters. The number of fused-ring (bicyclic) bond motifs is 1. The highest BCUT2D eigenvalue weighted by Gasteiger charge is 2.17. The minimum absolute atomic E-state index is 0.0423. The number of aromatic nitrogens is 2. The van der Waals surface area contributed by atoms with Crippen LogP contribution in [0.15, 0.2) is 46.5 Å². The van der Waals surface area contributed by atoms with Gasteiger partial charge in [0.15, 0.2) is 11.9 Å². The van der Waals surface area contributed by atoms with E-state index in [1.807, 2.05) is 13.8 Å². The van der Waals surface area contributed by atoms with Gasteiger partial charge in [0.05, 0.1) is 18.8 Å². The van der Waals surface area contributed by atoms with Crippen molar-refractivity contribution in [2.75, 3.05) is 31.5 Å². The number of rotatable bonds is 12. The van der Waals surface area contributed by atoms with Gasteiger partial charge in [0.25, 0.3) is 17.7 Å². The van der Waals surface area contributed by atoms with Crippen LogP contribution in [0.3, 0.4) is 0 Å². The zero-order chi connectivity index (χ0) is 28.5. The third kappa shape index (κ3) is 8.24. The number of aliphatic imine (C=N–C) groups is 2. The van der Waals surface area contributed by atoms with E-state index in [2.05, 4.69) is 30.9 Å². The van der Waals surface area contributed by atoms with Crippen molar-refractivity contribution in [3.8, 4) is 0 Å². The minimum Gasteiger partial charge on any atom is -0.370 e. The Hall–Kier alpha value is -5.01. The van der Waals surface area contributed by atoms with Gasteiger partial charge in [-0.3, -0.25) is 24.4 Å². The van der Waals surface area contributed by atoms with Gasteiger partial charge in [-0.1, -0.05) is 13.8 Å². The number of anilines is 1. The van der Waals surface area contributed by atoms with Gasteiger partial charge >= 0.3 is 0 Å². The highest BCUT2D eigenvalue weighted by molar-refractivity contribution is 6.07. The Morgan fingerprint density at radius 2 is 1.54 bits per heavy atom. The summed E-state index contributed by atoms with van der Waals surface area (Å²) in [6, 6.07) is 8.33. The van der Waals surface area contributed by atoms with Gasteiger partial charge in [-0.05, 0) is 36.2 Å². The number of amides is 3. The van der Waals surface area contributed by atoms with E-state index >= 15 is 0 Å². The van der Waals surface area contributed by atoms with E-state index < -0.39 is 5.91 Å². The zero-order valence-electron chi connectivity index (χ0n) is 22.0. The second kappa shape index (κ2) is 13.0. The zero-order valence-corrected chi connectivity index (χ0v) is 22.0. The van der Waals surface area contributed by atoms with E-state index in [4.69, 9.17) is 22.9 Å². The lowest BCUT2D eigenvalue weighted by atomic mass is 10.1. The van der Waals surface area contributed by atoms with Crippen LogP contribution in [-0.4, -0.2) is 65.4 Å². The molecule has 39 heavy (non-hydrogen) atoms. The molecule has 0 fully saturated rings. The SMILES string of the molecule is CC(C)Cn1cc(NC(=O)c2cc3cc(C(=O)NCCN=C(N)N)ccc3[nH]2)cc1C(=O)NCCN=C(N)N. The first kappa shape index (κ1) is 28.6. The van der Waals surface area contributed by atoms with Crippen molar-refractivity contribution in [3.63, 3.8) is 0 Å². The van der Waals surface area contributed by atoms with Crippen molar-refractivity contribution in [1.29, 1.82) is 0 Å². The first-order valence-corrected chi connectivity index (χ1v) is 12.3. The van der Waals surface area contributed by atoms with Crippen molar-refractivity contribution in [2.24, 2.45) is 38.8 Å². The molecule has 0 aliphatic heterocycles. The van der Waals surface area contributed by atoms with Crippen molar-refractivity contribution >= 4 is 46.2 Å². The molecule has 12 N–H and O–H groups in total. The van der Waals surface area contributed by atoms with Crippen LogP contribution in [0, 0.1) is 5.92 Å². The lowest BCUT2D eigenvalue weighted by molar-refractivity contribution is 0.0940. The maximum atomic E-state index is 13.0. The van der Waals surface area contributed by atoms with Gasteiger partial charge in [0.1, 0.15) is 11.4 Å². The summed E-state index contributed by atoms with van der Waals surface area (Å²) in [6.45, 7) is 5.70. The first-order chi connectivity index (χ1) is 18.5. The van der Waals surface area contributed by atoms with Crippen molar-refractivity contribution in [3.05, 3.63) is 53.5 Å². The highest BCUT2D eigenvalue weighted by atomic mass is 16.2. The Kier molecular flexibility index (Phi) is 9.51. The maximum Gasteiger partial charge on any atom is 0.272 e. The van der Waals surface area contributed by atoms with Gasteiger partial charge < -0.3 is 48.4 Å². The smallest absolute Gasteiger partial charge is 0.272 e. The molecule has 0 saturated carbocycles. The predicted octanol–water partition coefficient (Wildman–Crippen LogP) is -0.116. The maximum absolute atomic E-state index is 13.0. The minimum atomic E-state index is -0.393. The Morgan fingerprint density at radius 3 is 2.15 bits per heavy atom. The Balaban J connectivity index is 1.71. The lowest BCUT2D eigenvalue weighted by Crippen LogP contribution is -2.30. The van der Waals surface area contributed by atoms with Crippen molar-refractivity contribution in [2.45, 2.75) is 20.4 Å². The van der Waals surface area contributed by atoms with Crippen LogP contribution >= 0.6 is 0 Å². The molecule has 0 saturated heterocycles. The summed E-state index contributed by atoms with van der Waals surface area (Å²) in [5, 5.41) is 9.03. The Bertz CT molecular complexity index is 1390. The van der Waals surface area contributed by atoms with Crippen LogP contribution in [0.1, 0.15) is 45.2 Å². The average molecular weight is 538 g/mol. The molecule has 0 radical (unpaired) electrons. The van der Waals surface area contributed by atoms with E-state index in [0.29, 0.717) is 40.1 Å². The number of nitrogens with one attached hydrogen (secondary N) is 4. The third-order valence-electron chi connectivity index (χ3n) is 5.46. The van der Waals surface area contributed by atoms with Crippen LogP contribution in [-0.2, 0) is 6.54 Å². The molecule has 14 heteroatoms. The number of H-pyrrole nitrogens is 1. The first-order valence-electron chi connectivity index (χ1n) is 12.3. The van der Waals surface area contributed by atoms with Crippen LogP contribution in [0.2, 0.25) is 0 Å². The van der Waals surface area contributed by atoms with Crippen LogP contribution in [0.4, 0.5) is 5.69 Å². The topological polar surface area (TPSA) is 237 Å². The van der Waals surface area contributed by atoms with Crippen LogP contribution in [0.25, 0.3) is 10.9 Å². The van der Waals surface area contributed by atoms with Gasteiger partial charge in [0.2, 0.25) is 0 Å². The number of nitrogens with two attached hydrogens (primary N) is 4. The van der Waals surface area contributed by atoms with Gasteiger partial charge in [-0.25, -0.2) is 0 Å². The second-order valence-electron chi connectivity index (χ2n) is 9.22. The van der Waals surface area contributed by atoms with E-state index in [-0.39, 0.29) is 55.8 Å². The summed E-state index contributed by atoms with van der Waals surface area (Å²) < 4.78 is 1.79. The van der Waals surface area contributed by atoms with Crippen molar-refractivity contribution < 1.29 is 14.4 Å². The van der Waals surface area contributed by atoms with E-state index in [0.717, 1.165) is 0 Å². The lowest BCUT2D eigenvalue weighted by Gasteiger charge is -2.11. The number of benzene rings is 1. The fourth-order valence-corrected chi connectivity index (χ4v) is 3.81. The number of hydrogen-bond acceptors (Lipinski definition) is 5. The molecule has 3 aromatic rings. The van der Waals surface area contributed by atoms with E-state index in [1.54, 1.807) is 41.1 Å². The molecule has 0 unspecified atom stereocenters. The Morgan fingerprint density at radius 1 is 0.897 bits per heavy atom. The molecule has 2 heterocycles. The predicted molar refractivity (Wildman–Crippen MR) is 152 cm³/mol. The summed E-state index contributed by atoms with van der Waals surface area (Å²) in [5.74, 6) is -0.813.